The first kappa shape index (κ1) is 12.9. The largest absolute Gasteiger partial charge is 0.294 e. The summed E-state index contributed by atoms with van der Waals surface area (Å²) in [7, 11) is 0. The van der Waals surface area contributed by atoms with E-state index < -0.39 is 0 Å². The van der Waals surface area contributed by atoms with E-state index in [2.05, 4.69) is 17.1 Å². The van der Waals surface area contributed by atoms with Crippen molar-refractivity contribution in [2.24, 2.45) is 0 Å². The average molecular weight is 272 g/mol. The molecule has 3 aromatic rings. The molecule has 0 spiro atoms. The molecule has 4 nitrogen and oxygen atoms in total. The molecule has 1 heterocycles. The average Bonchev–Trinajstić information content (AvgIpc) is 2.85. The van der Waals surface area contributed by atoms with Gasteiger partial charge in [0.05, 0.1) is 34.8 Å². The topological polar surface area (TPSA) is 65.4 Å². The number of aromatic nitrogens is 2. The molecule has 2 aromatic carbocycles. The van der Waals surface area contributed by atoms with Crippen molar-refractivity contribution in [1.29, 1.82) is 10.5 Å². The van der Waals surface area contributed by atoms with Gasteiger partial charge in [-0.3, -0.25) is 4.57 Å². The maximum absolute atomic E-state index is 9.39. The van der Waals surface area contributed by atoms with Gasteiger partial charge in [-0.05, 0) is 30.7 Å². The van der Waals surface area contributed by atoms with Crippen LogP contribution in [0.25, 0.3) is 16.7 Å². The molecular formula is C17H12N4. The van der Waals surface area contributed by atoms with Crippen molar-refractivity contribution in [3.8, 4) is 17.8 Å². The number of fused-ring (bicyclic) bond motifs is 1. The SMILES string of the molecule is Cc1cccc(C#N)c1-n1c(CC#N)nc2ccccc21. The molecule has 0 unspecified atom stereocenters. The maximum Gasteiger partial charge on any atom is 0.128 e. The Morgan fingerprint density at radius 2 is 1.90 bits per heavy atom. The number of rotatable bonds is 2. The van der Waals surface area contributed by atoms with Gasteiger partial charge >= 0.3 is 0 Å². The maximum atomic E-state index is 9.39. The Morgan fingerprint density at radius 1 is 1.10 bits per heavy atom. The molecular weight excluding hydrogens is 260 g/mol. The Kier molecular flexibility index (Phi) is 3.14. The van der Waals surface area contributed by atoms with Crippen LogP contribution in [0.2, 0.25) is 0 Å². The molecule has 3 rings (SSSR count). The van der Waals surface area contributed by atoms with Crippen molar-refractivity contribution in [3.63, 3.8) is 0 Å². The van der Waals surface area contributed by atoms with Crippen LogP contribution in [0.3, 0.4) is 0 Å². The number of nitriles is 2. The summed E-state index contributed by atoms with van der Waals surface area (Å²) >= 11 is 0. The number of aryl methyl sites for hydroxylation is 1. The quantitative estimate of drug-likeness (QED) is 0.719. The summed E-state index contributed by atoms with van der Waals surface area (Å²) in [5.41, 5.74) is 4.11. The van der Waals surface area contributed by atoms with Crippen LogP contribution in [-0.4, -0.2) is 9.55 Å². The van der Waals surface area contributed by atoms with Crippen LogP contribution < -0.4 is 0 Å². The van der Waals surface area contributed by atoms with Gasteiger partial charge < -0.3 is 0 Å². The number of para-hydroxylation sites is 3. The zero-order chi connectivity index (χ0) is 14.8. The summed E-state index contributed by atoms with van der Waals surface area (Å²) in [6.07, 6.45) is 0.202. The number of imidazole rings is 1. The first-order valence-electron chi connectivity index (χ1n) is 6.59. The Balaban J connectivity index is 2.43. The highest BCUT2D eigenvalue weighted by molar-refractivity contribution is 5.79. The van der Waals surface area contributed by atoms with Crippen LogP contribution in [0.5, 0.6) is 0 Å². The van der Waals surface area contributed by atoms with E-state index in [0.29, 0.717) is 11.4 Å². The molecule has 0 atom stereocenters. The van der Waals surface area contributed by atoms with Gasteiger partial charge in [-0.25, -0.2) is 4.98 Å². The van der Waals surface area contributed by atoms with Gasteiger partial charge in [0.1, 0.15) is 11.9 Å². The molecule has 1 aromatic heterocycles. The molecule has 0 aliphatic carbocycles. The predicted molar refractivity (Wildman–Crippen MR) is 79.8 cm³/mol. The number of hydrogen-bond donors (Lipinski definition) is 0. The van der Waals surface area contributed by atoms with Crippen molar-refractivity contribution in [1.82, 2.24) is 9.55 Å². The summed E-state index contributed by atoms with van der Waals surface area (Å²) in [5.74, 6) is 0.657. The number of benzene rings is 2. The van der Waals surface area contributed by atoms with E-state index in [4.69, 9.17) is 5.26 Å². The lowest BCUT2D eigenvalue weighted by Gasteiger charge is -2.12. The Bertz CT molecular complexity index is 907. The lowest BCUT2D eigenvalue weighted by atomic mass is 10.1. The van der Waals surface area contributed by atoms with Crippen LogP contribution >= 0.6 is 0 Å². The van der Waals surface area contributed by atoms with Crippen molar-refractivity contribution >= 4 is 11.0 Å². The van der Waals surface area contributed by atoms with E-state index in [9.17, 15) is 5.26 Å². The smallest absolute Gasteiger partial charge is 0.128 e. The van der Waals surface area contributed by atoms with Crippen LogP contribution in [0.4, 0.5) is 0 Å². The van der Waals surface area contributed by atoms with Crippen molar-refractivity contribution in [2.75, 3.05) is 0 Å². The third kappa shape index (κ3) is 2.04. The normalized spacial score (nSPS) is 10.2. The predicted octanol–water partition coefficient (Wildman–Crippen LogP) is 3.27. The van der Waals surface area contributed by atoms with Crippen molar-refractivity contribution < 1.29 is 0 Å². The Labute approximate surface area is 122 Å². The molecule has 0 amide bonds. The highest BCUT2D eigenvalue weighted by Crippen LogP contribution is 2.26. The van der Waals surface area contributed by atoms with Gasteiger partial charge in [0, 0.05) is 0 Å². The van der Waals surface area contributed by atoms with Crippen LogP contribution in [0.1, 0.15) is 17.0 Å². The van der Waals surface area contributed by atoms with Crippen molar-refractivity contribution in [2.45, 2.75) is 13.3 Å². The molecule has 21 heavy (non-hydrogen) atoms. The van der Waals surface area contributed by atoms with Gasteiger partial charge in [0.2, 0.25) is 0 Å². The van der Waals surface area contributed by atoms with E-state index in [1.807, 2.05) is 47.9 Å². The Hall–Kier alpha value is -3.11. The van der Waals surface area contributed by atoms with Gasteiger partial charge in [0.25, 0.3) is 0 Å². The van der Waals surface area contributed by atoms with Crippen LogP contribution in [0.15, 0.2) is 42.5 Å². The van der Waals surface area contributed by atoms with E-state index in [1.165, 1.54) is 0 Å². The summed E-state index contributed by atoms with van der Waals surface area (Å²) in [5, 5.41) is 18.4. The molecule has 0 aliphatic heterocycles. The fourth-order valence-electron chi connectivity index (χ4n) is 2.56. The number of hydrogen-bond acceptors (Lipinski definition) is 3. The Morgan fingerprint density at radius 3 is 2.67 bits per heavy atom. The van der Waals surface area contributed by atoms with E-state index in [-0.39, 0.29) is 6.42 Å². The second-order valence-electron chi connectivity index (χ2n) is 4.77. The summed E-state index contributed by atoms with van der Waals surface area (Å²) in [6.45, 7) is 1.96. The molecule has 0 saturated heterocycles. The van der Waals surface area contributed by atoms with Gasteiger partial charge in [-0.15, -0.1) is 0 Å². The first-order valence-corrected chi connectivity index (χ1v) is 6.59. The minimum absolute atomic E-state index is 0.202. The second kappa shape index (κ2) is 5.11. The molecule has 0 saturated carbocycles. The summed E-state index contributed by atoms with van der Waals surface area (Å²) in [4.78, 5) is 4.53. The molecule has 0 aliphatic rings. The van der Waals surface area contributed by atoms with E-state index in [0.717, 1.165) is 22.3 Å². The fourth-order valence-corrected chi connectivity index (χ4v) is 2.56. The summed E-state index contributed by atoms with van der Waals surface area (Å²) in [6, 6.07) is 17.7. The lowest BCUT2D eigenvalue weighted by molar-refractivity contribution is 0.943. The summed E-state index contributed by atoms with van der Waals surface area (Å²) < 4.78 is 1.92. The zero-order valence-corrected chi connectivity index (χ0v) is 11.5. The van der Waals surface area contributed by atoms with Gasteiger partial charge in [-0.1, -0.05) is 24.3 Å². The standard InChI is InChI=1S/C17H12N4/c1-12-5-4-6-13(11-19)17(12)21-15-8-3-2-7-14(15)20-16(21)9-10-18/h2-8H,9H2,1H3. The fraction of sp³-hybridized carbons (Fsp3) is 0.118. The molecule has 0 fully saturated rings. The highest BCUT2D eigenvalue weighted by atomic mass is 15.1. The van der Waals surface area contributed by atoms with Gasteiger partial charge in [0.15, 0.2) is 0 Å². The third-order valence-electron chi connectivity index (χ3n) is 3.45. The minimum Gasteiger partial charge on any atom is -0.294 e. The number of nitrogens with zero attached hydrogens (tertiary/aromatic N) is 4. The van der Waals surface area contributed by atoms with Gasteiger partial charge in [-0.2, -0.15) is 10.5 Å². The van der Waals surface area contributed by atoms with E-state index >= 15 is 0 Å². The minimum atomic E-state index is 0.202. The van der Waals surface area contributed by atoms with Crippen LogP contribution in [-0.2, 0) is 6.42 Å². The highest BCUT2D eigenvalue weighted by Gasteiger charge is 2.16. The van der Waals surface area contributed by atoms with E-state index in [1.54, 1.807) is 6.07 Å². The second-order valence-corrected chi connectivity index (χ2v) is 4.77. The van der Waals surface area contributed by atoms with Crippen LogP contribution in [0, 0.1) is 29.6 Å². The lowest BCUT2D eigenvalue weighted by Crippen LogP contribution is -2.05. The molecule has 0 radical (unpaired) electrons. The first-order chi connectivity index (χ1) is 10.3. The van der Waals surface area contributed by atoms with Crippen molar-refractivity contribution in [3.05, 3.63) is 59.4 Å². The zero-order valence-electron chi connectivity index (χ0n) is 11.5. The monoisotopic (exact) mass is 272 g/mol. The third-order valence-corrected chi connectivity index (χ3v) is 3.45. The molecule has 0 N–H and O–H groups in total. The molecule has 0 bridgehead atoms. The molecule has 4 heteroatoms. The molecule has 100 valence electrons.